The quantitative estimate of drug-likeness (QED) is 0.563. The molecule has 0 aliphatic carbocycles. The molecule has 1 unspecified atom stereocenters. The van der Waals surface area contributed by atoms with E-state index in [0.717, 1.165) is 37.5 Å². The largest absolute Gasteiger partial charge is 0.304 e. The maximum Gasteiger partial charge on any atom is 0.0408 e. The molecule has 0 aliphatic heterocycles. The van der Waals surface area contributed by atoms with Crippen LogP contribution < -0.4 is 11.3 Å². The number of hydrazine groups is 1. The highest BCUT2D eigenvalue weighted by molar-refractivity contribution is 6.30. The van der Waals surface area contributed by atoms with E-state index in [2.05, 4.69) is 30.2 Å². The number of nitrogens with two attached hydrogens (primary N) is 1. The highest BCUT2D eigenvalue weighted by Gasteiger charge is 2.09. The van der Waals surface area contributed by atoms with Crippen LogP contribution >= 0.6 is 11.6 Å². The molecular formula is C14H24ClN3. The molecule has 0 amide bonds. The van der Waals surface area contributed by atoms with Crippen LogP contribution in [0, 0.1) is 0 Å². The first-order valence-corrected chi connectivity index (χ1v) is 7.00. The predicted octanol–water partition coefficient (Wildman–Crippen LogP) is 2.45. The molecule has 1 aromatic rings. The SMILES string of the molecule is CCN(CC)CCC(Cc1cccc(Cl)c1)NN. The van der Waals surface area contributed by atoms with Crippen LogP contribution in [-0.2, 0) is 6.42 Å². The second-order valence-corrected chi connectivity index (χ2v) is 4.95. The van der Waals surface area contributed by atoms with Crippen LogP contribution in [0.2, 0.25) is 5.02 Å². The second kappa shape index (κ2) is 8.48. The molecule has 0 aliphatic rings. The number of hydrogen-bond donors (Lipinski definition) is 2. The Bertz CT molecular complexity index is 340. The Hall–Kier alpha value is -0.610. The van der Waals surface area contributed by atoms with Gasteiger partial charge in [-0.25, -0.2) is 0 Å². The zero-order valence-corrected chi connectivity index (χ0v) is 12.1. The Morgan fingerprint density at radius 1 is 1.33 bits per heavy atom. The van der Waals surface area contributed by atoms with Crippen molar-refractivity contribution < 1.29 is 0 Å². The van der Waals surface area contributed by atoms with Crippen LogP contribution in [0.15, 0.2) is 24.3 Å². The van der Waals surface area contributed by atoms with Gasteiger partial charge in [-0.2, -0.15) is 0 Å². The normalized spacial score (nSPS) is 12.9. The van der Waals surface area contributed by atoms with Crippen LogP contribution in [-0.4, -0.2) is 30.6 Å². The van der Waals surface area contributed by atoms with Crippen molar-refractivity contribution in [2.24, 2.45) is 5.84 Å². The van der Waals surface area contributed by atoms with E-state index in [-0.39, 0.29) is 0 Å². The third-order valence-electron chi connectivity index (χ3n) is 3.30. The average Bonchev–Trinajstić information content (AvgIpc) is 2.38. The van der Waals surface area contributed by atoms with Gasteiger partial charge in [-0.15, -0.1) is 0 Å². The molecule has 18 heavy (non-hydrogen) atoms. The summed E-state index contributed by atoms with van der Waals surface area (Å²) in [5.41, 5.74) is 4.13. The van der Waals surface area contributed by atoms with Gasteiger partial charge in [0.15, 0.2) is 0 Å². The first-order valence-electron chi connectivity index (χ1n) is 6.62. The molecule has 1 aromatic carbocycles. The van der Waals surface area contributed by atoms with Gasteiger partial charge in [-0.1, -0.05) is 37.6 Å². The summed E-state index contributed by atoms with van der Waals surface area (Å²) in [5, 5.41) is 0.784. The summed E-state index contributed by atoms with van der Waals surface area (Å²) in [6.45, 7) is 7.62. The zero-order chi connectivity index (χ0) is 13.4. The van der Waals surface area contributed by atoms with Crippen molar-refractivity contribution in [2.45, 2.75) is 32.7 Å². The smallest absolute Gasteiger partial charge is 0.0408 e. The molecule has 0 spiro atoms. The van der Waals surface area contributed by atoms with Gasteiger partial charge in [0.2, 0.25) is 0 Å². The van der Waals surface area contributed by atoms with E-state index in [1.807, 2.05) is 18.2 Å². The highest BCUT2D eigenvalue weighted by atomic mass is 35.5. The summed E-state index contributed by atoms with van der Waals surface area (Å²) in [6.07, 6.45) is 1.96. The van der Waals surface area contributed by atoms with Crippen LogP contribution in [0.25, 0.3) is 0 Å². The lowest BCUT2D eigenvalue weighted by Crippen LogP contribution is -2.39. The van der Waals surface area contributed by atoms with E-state index in [4.69, 9.17) is 17.4 Å². The van der Waals surface area contributed by atoms with Crippen LogP contribution in [0.1, 0.15) is 25.8 Å². The Morgan fingerprint density at radius 2 is 2.06 bits per heavy atom. The number of benzene rings is 1. The summed E-state index contributed by atoms with van der Waals surface area (Å²) in [4.78, 5) is 2.41. The molecule has 0 fully saturated rings. The molecule has 4 heteroatoms. The lowest BCUT2D eigenvalue weighted by molar-refractivity contribution is 0.281. The fraction of sp³-hybridized carbons (Fsp3) is 0.571. The third kappa shape index (κ3) is 5.36. The molecule has 3 nitrogen and oxygen atoms in total. The number of halogens is 1. The first-order chi connectivity index (χ1) is 8.69. The van der Waals surface area contributed by atoms with Crippen LogP contribution in [0.3, 0.4) is 0 Å². The highest BCUT2D eigenvalue weighted by Crippen LogP contribution is 2.13. The molecule has 0 aromatic heterocycles. The average molecular weight is 270 g/mol. The first kappa shape index (κ1) is 15.4. The zero-order valence-electron chi connectivity index (χ0n) is 11.3. The lowest BCUT2D eigenvalue weighted by atomic mass is 10.0. The van der Waals surface area contributed by atoms with Gasteiger partial charge >= 0.3 is 0 Å². The van der Waals surface area contributed by atoms with E-state index < -0.39 is 0 Å². The van der Waals surface area contributed by atoms with Crippen molar-refractivity contribution in [2.75, 3.05) is 19.6 Å². The van der Waals surface area contributed by atoms with Gasteiger partial charge in [0, 0.05) is 11.1 Å². The van der Waals surface area contributed by atoms with Crippen molar-refractivity contribution in [3.05, 3.63) is 34.9 Å². The monoisotopic (exact) mass is 269 g/mol. The van der Waals surface area contributed by atoms with Crippen LogP contribution in [0.4, 0.5) is 0 Å². The summed E-state index contributed by atoms with van der Waals surface area (Å²) < 4.78 is 0. The van der Waals surface area contributed by atoms with Crippen molar-refractivity contribution in [1.82, 2.24) is 10.3 Å². The van der Waals surface area contributed by atoms with Crippen molar-refractivity contribution in [3.63, 3.8) is 0 Å². The molecule has 0 radical (unpaired) electrons. The van der Waals surface area contributed by atoms with Crippen molar-refractivity contribution in [3.8, 4) is 0 Å². The number of hydrogen-bond acceptors (Lipinski definition) is 3. The van der Waals surface area contributed by atoms with E-state index in [1.165, 1.54) is 5.56 Å². The fourth-order valence-corrected chi connectivity index (χ4v) is 2.28. The molecule has 0 saturated carbocycles. The standard InChI is InChI=1S/C14H24ClN3/c1-3-18(4-2)9-8-14(17-16)11-12-6-5-7-13(15)10-12/h5-7,10,14,17H,3-4,8-9,11,16H2,1-2H3. The number of rotatable bonds is 8. The molecule has 0 saturated heterocycles. The Labute approximate surface area is 115 Å². The third-order valence-corrected chi connectivity index (χ3v) is 3.53. The van der Waals surface area contributed by atoms with Crippen molar-refractivity contribution in [1.29, 1.82) is 0 Å². The molecule has 1 atom stereocenters. The summed E-state index contributed by atoms with van der Waals surface area (Å²) in [6, 6.07) is 8.27. The number of nitrogens with one attached hydrogen (secondary N) is 1. The second-order valence-electron chi connectivity index (χ2n) is 4.51. The van der Waals surface area contributed by atoms with E-state index in [0.29, 0.717) is 6.04 Å². The molecular weight excluding hydrogens is 246 g/mol. The van der Waals surface area contributed by atoms with Crippen LogP contribution in [0.5, 0.6) is 0 Å². The molecule has 1 rings (SSSR count). The maximum absolute atomic E-state index is 5.98. The minimum absolute atomic E-state index is 0.295. The topological polar surface area (TPSA) is 41.3 Å². The Kier molecular flexibility index (Phi) is 7.28. The fourth-order valence-electron chi connectivity index (χ4n) is 2.07. The predicted molar refractivity (Wildman–Crippen MR) is 78.7 cm³/mol. The van der Waals surface area contributed by atoms with E-state index in [1.54, 1.807) is 0 Å². The van der Waals surface area contributed by atoms with Gasteiger partial charge in [-0.05, 0) is 50.2 Å². The maximum atomic E-state index is 5.98. The summed E-state index contributed by atoms with van der Waals surface area (Å²) in [5.74, 6) is 5.63. The summed E-state index contributed by atoms with van der Waals surface area (Å²) >= 11 is 5.98. The van der Waals surface area contributed by atoms with Crippen molar-refractivity contribution >= 4 is 11.6 Å². The number of nitrogens with zero attached hydrogens (tertiary/aromatic N) is 1. The molecule has 3 N–H and O–H groups in total. The lowest BCUT2D eigenvalue weighted by Gasteiger charge is -2.22. The minimum atomic E-state index is 0.295. The summed E-state index contributed by atoms with van der Waals surface area (Å²) in [7, 11) is 0. The van der Waals surface area contributed by atoms with Gasteiger partial charge in [0.1, 0.15) is 0 Å². The molecule has 0 bridgehead atoms. The Morgan fingerprint density at radius 3 is 2.61 bits per heavy atom. The van der Waals surface area contributed by atoms with E-state index >= 15 is 0 Å². The Balaban J connectivity index is 2.46. The van der Waals surface area contributed by atoms with Gasteiger partial charge in [-0.3, -0.25) is 11.3 Å². The van der Waals surface area contributed by atoms with Gasteiger partial charge < -0.3 is 4.90 Å². The van der Waals surface area contributed by atoms with Gasteiger partial charge in [0.05, 0.1) is 0 Å². The van der Waals surface area contributed by atoms with Gasteiger partial charge in [0.25, 0.3) is 0 Å². The minimum Gasteiger partial charge on any atom is -0.304 e. The van der Waals surface area contributed by atoms with E-state index in [9.17, 15) is 0 Å². The molecule has 0 heterocycles. The molecule has 102 valence electrons.